The van der Waals surface area contributed by atoms with E-state index in [1.807, 2.05) is 0 Å². The highest BCUT2D eigenvalue weighted by Gasteiger charge is 2.49. The van der Waals surface area contributed by atoms with Crippen molar-refractivity contribution < 1.29 is 45.6 Å². The van der Waals surface area contributed by atoms with Crippen LogP contribution in [0.15, 0.2) is 0 Å². The summed E-state index contributed by atoms with van der Waals surface area (Å²) in [5.74, 6) is -2.01. The zero-order chi connectivity index (χ0) is 13.8. The summed E-state index contributed by atoms with van der Waals surface area (Å²) in [5, 5.41) is 71.5. The summed E-state index contributed by atoms with van der Waals surface area (Å²) >= 11 is 0. The maximum Gasteiger partial charge on any atom is 0.338 e. The Morgan fingerprint density at radius 3 is 1.88 bits per heavy atom. The van der Waals surface area contributed by atoms with Gasteiger partial charge in [0.25, 0.3) is 0 Å². The molecule has 9 heteroatoms. The van der Waals surface area contributed by atoms with Crippen molar-refractivity contribution in [1.29, 1.82) is 0 Å². The fourth-order valence-corrected chi connectivity index (χ4v) is 1.21. The zero-order valence-electron chi connectivity index (χ0n) is 8.71. The molecule has 9 nitrogen and oxygen atoms in total. The van der Waals surface area contributed by atoms with Crippen molar-refractivity contribution in [2.75, 3.05) is 6.61 Å². The van der Waals surface area contributed by atoms with Crippen molar-refractivity contribution in [2.24, 2.45) is 0 Å². The number of carbonyl (C=O) groups is 1. The third-order valence-electron chi connectivity index (χ3n) is 2.26. The minimum atomic E-state index is -3.07. The number of carboxylic acids is 1. The Balaban J connectivity index is 4.99. The van der Waals surface area contributed by atoms with E-state index in [0.29, 0.717) is 0 Å². The highest BCUT2D eigenvalue weighted by molar-refractivity contribution is 5.78. The quantitative estimate of drug-likeness (QED) is 0.208. The van der Waals surface area contributed by atoms with Crippen LogP contribution in [0.25, 0.3) is 0 Å². The number of aliphatic carboxylic acids is 1. The second-order valence-corrected chi connectivity index (χ2v) is 3.60. The molecule has 0 aromatic heterocycles. The summed E-state index contributed by atoms with van der Waals surface area (Å²) in [6.07, 6.45) is -9.89. The Kier molecular flexibility index (Phi) is 5.92. The topological polar surface area (TPSA) is 179 Å². The standard InChI is InChI=1S/C8H16O9/c9-2-3(10)5(13)6(14)8(17,7(15)16)1-4(11)12/h3-6,9-14,17H,1-2H2,(H,15,16)/t3-,5-,6+,8-/m1/s1. The Hall–Kier alpha value is -0.810. The molecule has 0 saturated carbocycles. The molecular weight excluding hydrogens is 240 g/mol. The number of hydrogen-bond acceptors (Lipinski definition) is 8. The van der Waals surface area contributed by atoms with E-state index in [0.717, 1.165) is 0 Å². The van der Waals surface area contributed by atoms with Crippen LogP contribution >= 0.6 is 0 Å². The number of carboxylic acid groups (broad SMARTS) is 1. The second-order valence-electron chi connectivity index (χ2n) is 3.60. The van der Waals surface area contributed by atoms with Crippen LogP contribution in [-0.4, -0.2) is 83.6 Å². The van der Waals surface area contributed by atoms with Crippen molar-refractivity contribution in [3.8, 4) is 0 Å². The van der Waals surface area contributed by atoms with Gasteiger partial charge in [-0.05, 0) is 0 Å². The molecule has 0 bridgehead atoms. The first-order valence-electron chi connectivity index (χ1n) is 4.63. The molecule has 0 spiro atoms. The molecule has 0 fully saturated rings. The number of aliphatic hydroxyl groups excluding tert-OH is 5. The van der Waals surface area contributed by atoms with Gasteiger partial charge in [0.2, 0.25) is 0 Å². The Labute approximate surface area is 95.8 Å². The number of hydrogen-bond donors (Lipinski definition) is 8. The first-order valence-corrected chi connectivity index (χ1v) is 4.63. The third kappa shape index (κ3) is 3.85. The predicted molar refractivity (Wildman–Crippen MR) is 50.5 cm³/mol. The van der Waals surface area contributed by atoms with Crippen LogP contribution in [0.1, 0.15) is 6.42 Å². The smallest absolute Gasteiger partial charge is 0.338 e. The summed E-state index contributed by atoms with van der Waals surface area (Å²) in [4.78, 5) is 10.7. The molecule has 0 amide bonds. The van der Waals surface area contributed by atoms with Crippen LogP contribution < -0.4 is 0 Å². The maximum atomic E-state index is 10.7. The molecule has 0 aromatic rings. The molecule has 0 unspecified atom stereocenters. The van der Waals surface area contributed by atoms with Crippen molar-refractivity contribution >= 4 is 5.97 Å². The highest BCUT2D eigenvalue weighted by atomic mass is 16.5. The summed E-state index contributed by atoms with van der Waals surface area (Å²) in [5.41, 5.74) is -3.07. The van der Waals surface area contributed by atoms with Gasteiger partial charge in [0.15, 0.2) is 11.9 Å². The van der Waals surface area contributed by atoms with Crippen LogP contribution in [0.5, 0.6) is 0 Å². The summed E-state index contributed by atoms with van der Waals surface area (Å²) in [6.45, 7) is -0.977. The second kappa shape index (κ2) is 6.21. The van der Waals surface area contributed by atoms with E-state index < -0.39 is 49.2 Å². The average molecular weight is 256 g/mol. The average Bonchev–Trinajstić information content (AvgIpc) is 2.24. The van der Waals surface area contributed by atoms with Gasteiger partial charge >= 0.3 is 5.97 Å². The van der Waals surface area contributed by atoms with Gasteiger partial charge < -0.3 is 40.9 Å². The first kappa shape index (κ1) is 16.2. The molecule has 0 aliphatic heterocycles. The molecule has 0 aliphatic rings. The molecular formula is C8H16O9. The predicted octanol–water partition coefficient (Wildman–Crippen LogP) is -4.42. The molecule has 0 heterocycles. The molecule has 0 radical (unpaired) electrons. The van der Waals surface area contributed by atoms with E-state index in [-0.39, 0.29) is 0 Å². The minimum absolute atomic E-state index is 0.977. The lowest BCUT2D eigenvalue weighted by molar-refractivity contribution is -0.207. The molecule has 8 N–H and O–H groups in total. The molecule has 4 atom stereocenters. The molecule has 0 rings (SSSR count). The highest BCUT2D eigenvalue weighted by Crippen LogP contribution is 2.22. The third-order valence-corrected chi connectivity index (χ3v) is 2.26. The van der Waals surface area contributed by atoms with E-state index in [1.54, 1.807) is 0 Å². The molecule has 0 aromatic carbocycles. The molecule has 0 aliphatic carbocycles. The molecule has 102 valence electrons. The molecule has 17 heavy (non-hydrogen) atoms. The minimum Gasteiger partial charge on any atom is -0.479 e. The van der Waals surface area contributed by atoms with Gasteiger partial charge in [-0.2, -0.15) is 0 Å². The zero-order valence-corrected chi connectivity index (χ0v) is 8.71. The van der Waals surface area contributed by atoms with E-state index in [2.05, 4.69) is 0 Å². The summed E-state index contributed by atoms with van der Waals surface area (Å²) < 4.78 is 0. The van der Waals surface area contributed by atoms with Gasteiger partial charge in [0.1, 0.15) is 18.3 Å². The Morgan fingerprint density at radius 2 is 1.59 bits per heavy atom. The van der Waals surface area contributed by atoms with Gasteiger partial charge in [0, 0.05) is 6.42 Å². The fourth-order valence-electron chi connectivity index (χ4n) is 1.21. The normalized spacial score (nSPS) is 20.7. The van der Waals surface area contributed by atoms with Gasteiger partial charge in [0.05, 0.1) is 6.61 Å². The van der Waals surface area contributed by atoms with Crippen LogP contribution in [0.2, 0.25) is 0 Å². The van der Waals surface area contributed by atoms with Crippen LogP contribution in [0.4, 0.5) is 0 Å². The number of aliphatic hydroxyl groups is 7. The van der Waals surface area contributed by atoms with Crippen molar-refractivity contribution in [3.05, 3.63) is 0 Å². The summed E-state index contributed by atoms with van der Waals surface area (Å²) in [7, 11) is 0. The van der Waals surface area contributed by atoms with E-state index >= 15 is 0 Å². The first-order chi connectivity index (χ1) is 7.66. The van der Waals surface area contributed by atoms with Crippen molar-refractivity contribution in [3.63, 3.8) is 0 Å². The van der Waals surface area contributed by atoms with E-state index in [9.17, 15) is 20.1 Å². The van der Waals surface area contributed by atoms with Gasteiger partial charge in [-0.15, -0.1) is 0 Å². The van der Waals surface area contributed by atoms with Gasteiger partial charge in [-0.25, -0.2) is 4.79 Å². The lowest BCUT2D eigenvalue weighted by Crippen LogP contribution is -2.59. The van der Waals surface area contributed by atoms with E-state index in [1.165, 1.54) is 0 Å². The van der Waals surface area contributed by atoms with Crippen LogP contribution in [-0.2, 0) is 4.79 Å². The summed E-state index contributed by atoms with van der Waals surface area (Å²) in [6, 6.07) is 0. The Bertz CT molecular complexity index is 255. The monoisotopic (exact) mass is 256 g/mol. The molecule has 0 saturated heterocycles. The SMILES string of the molecule is O=C(O)[C@@](O)(CC(O)O)[C@@H](O)[C@H](O)[C@H](O)CO. The number of rotatable bonds is 7. The maximum absolute atomic E-state index is 10.7. The van der Waals surface area contributed by atoms with Crippen LogP contribution in [0.3, 0.4) is 0 Å². The Morgan fingerprint density at radius 1 is 1.12 bits per heavy atom. The largest absolute Gasteiger partial charge is 0.479 e. The van der Waals surface area contributed by atoms with Gasteiger partial charge in [-0.1, -0.05) is 0 Å². The lowest BCUT2D eigenvalue weighted by atomic mass is 9.87. The van der Waals surface area contributed by atoms with E-state index in [4.69, 9.17) is 25.5 Å². The lowest BCUT2D eigenvalue weighted by Gasteiger charge is -2.33. The van der Waals surface area contributed by atoms with Crippen molar-refractivity contribution in [2.45, 2.75) is 36.6 Å². The van der Waals surface area contributed by atoms with Crippen LogP contribution in [0, 0.1) is 0 Å². The fraction of sp³-hybridized carbons (Fsp3) is 0.875. The van der Waals surface area contributed by atoms with Crippen molar-refractivity contribution in [1.82, 2.24) is 0 Å². The van der Waals surface area contributed by atoms with Gasteiger partial charge in [-0.3, -0.25) is 0 Å².